The molecule has 0 aliphatic rings. The summed E-state index contributed by atoms with van der Waals surface area (Å²) in [6.45, 7) is 0. The molecule has 0 radical (unpaired) electrons. The maximum Gasteiger partial charge on any atom is 0.131 e. The Hall–Kier alpha value is -3.34. The Labute approximate surface area is 132 Å². The number of para-hydroxylation sites is 1. The van der Waals surface area contributed by atoms with Gasteiger partial charge >= 0.3 is 0 Å². The zero-order valence-corrected chi connectivity index (χ0v) is 11.9. The standard InChI is InChI=1S/C18H14O5/c19-10-4-6-16(21)14(8-10)12-2-1-3-13(18(12)23)15-9-11(20)5-7-17(15)22/h1-9,19-23H. The Morgan fingerprint density at radius 2 is 0.913 bits per heavy atom. The van der Waals surface area contributed by atoms with E-state index in [0.29, 0.717) is 11.1 Å². The van der Waals surface area contributed by atoms with Crippen LogP contribution in [0.25, 0.3) is 22.3 Å². The molecule has 5 heteroatoms. The highest BCUT2D eigenvalue weighted by Crippen LogP contribution is 2.44. The molecule has 0 aliphatic carbocycles. The Balaban J connectivity index is 2.23. The van der Waals surface area contributed by atoms with Crippen LogP contribution in [0.15, 0.2) is 54.6 Å². The lowest BCUT2D eigenvalue weighted by atomic mass is 9.96. The molecule has 0 fully saturated rings. The van der Waals surface area contributed by atoms with Crippen molar-refractivity contribution in [1.29, 1.82) is 0 Å². The van der Waals surface area contributed by atoms with Crippen molar-refractivity contribution >= 4 is 0 Å². The van der Waals surface area contributed by atoms with Crippen molar-refractivity contribution in [3.05, 3.63) is 54.6 Å². The summed E-state index contributed by atoms with van der Waals surface area (Å²) >= 11 is 0. The van der Waals surface area contributed by atoms with Gasteiger partial charge in [-0.25, -0.2) is 0 Å². The highest BCUT2D eigenvalue weighted by Gasteiger charge is 2.16. The lowest BCUT2D eigenvalue weighted by molar-refractivity contribution is 0.457. The number of phenols is 5. The minimum Gasteiger partial charge on any atom is -0.508 e. The number of hydrogen-bond donors (Lipinski definition) is 5. The Bertz CT molecular complexity index is 817. The number of phenolic OH excluding ortho intramolecular Hbond substituents is 5. The van der Waals surface area contributed by atoms with Gasteiger partial charge in [0, 0.05) is 22.3 Å². The van der Waals surface area contributed by atoms with Crippen LogP contribution < -0.4 is 0 Å². The van der Waals surface area contributed by atoms with Gasteiger partial charge in [-0.1, -0.05) is 18.2 Å². The number of rotatable bonds is 2. The summed E-state index contributed by atoms with van der Waals surface area (Å²) in [6, 6.07) is 12.8. The maximum atomic E-state index is 10.5. The van der Waals surface area contributed by atoms with E-state index in [9.17, 15) is 25.5 Å². The largest absolute Gasteiger partial charge is 0.508 e. The number of benzene rings is 3. The van der Waals surface area contributed by atoms with E-state index in [-0.39, 0.29) is 39.9 Å². The first-order chi connectivity index (χ1) is 11.0. The van der Waals surface area contributed by atoms with Crippen LogP contribution in [0.1, 0.15) is 0 Å². The van der Waals surface area contributed by atoms with E-state index in [2.05, 4.69) is 0 Å². The predicted molar refractivity (Wildman–Crippen MR) is 85.6 cm³/mol. The van der Waals surface area contributed by atoms with E-state index in [1.54, 1.807) is 18.2 Å². The van der Waals surface area contributed by atoms with Crippen LogP contribution in [-0.4, -0.2) is 25.5 Å². The molecule has 0 unspecified atom stereocenters. The molecule has 116 valence electrons. The van der Waals surface area contributed by atoms with Gasteiger partial charge in [-0.15, -0.1) is 0 Å². The van der Waals surface area contributed by atoms with E-state index < -0.39 is 0 Å². The van der Waals surface area contributed by atoms with Crippen LogP contribution in [0.5, 0.6) is 28.7 Å². The Morgan fingerprint density at radius 3 is 1.35 bits per heavy atom. The van der Waals surface area contributed by atoms with Crippen LogP contribution in [-0.2, 0) is 0 Å². The summed E-state index contributed by atoms with van der Waals surface area (Å²) in [5.74, 6) is -0.495. The van der Waals surface area contributed by atoms with Crippen molar-refractivity contribution in [1.82, 2.24) is 0 Å². The van der Waals surface area contributed by atoms with Crippen molar-refractivity contribution in [2.24, 2.45) is 0 Å². The van der Waals surface area contributed by atoms with Crippen molar-refractivity contribution in [2.45, 2.75) is 0 Å². The zero-order chi connectivity index (χ0) is 16.6. The molecule has 0 saturated heterocycles. The smallest absolute Gasteiger partial charge is 0.131 e. The summed E-state index contributed by atoms with van der Waals surface area (Å²) in [5, 5.41) is 49.6. The molecule has 5 N–H and O–H groups in total. The molecule has 23 heavy (non-hydrogen) atoms. The third-order valence-electron chi connectivity index (χ3n) is 3.58. The first-order valence-electron chi connectivity index (χ1n) is 6.84. The summed E-state index contributed by atoms with van der Waals surface area (Å²) in [7, 11) is 0. The number of hydrogen-bond acceptors (Lipinski definition) is 5. The summed E-state index contributed by atoms with van der Waals surface area (Å²) in [5.41, 5.74) is 1.09. The molecule has 0 spiro atoms. The van der Waals surface area contributed by atoms with Gasteiger partial charge in [-0.2, -0.15) is 0 Å². The number of aromatic hydroxyl groups is 5. The van der Waals surface area contributed by atoms with Gasteiger partial charge in [0.05, 0.1) is 0 Å². The van der Waals surface area contributed by atoms with Crippen LogP contribution >= 0.6 is 0 Å². The van der Waals surface area contributed by atoms with Gasteiger partial charge in [0.2, 0.25) is 0 Å². The summed E-state index contributed by atoms with van der Waals surface area (Å²) < 4.78 is 0. The average molecular weight is 310 g/mol. The van der Waals surface area contributed by atoms with Crippen LogP contribution in [0, 0.1) is 0 Å². The molecular weight excluding hydrogens is 296 g/mol. The summed E-state index contributed by atoms with van der Waals surface area (Å²) in [4.78, 5) is 0. The summed E-state index contributed by atoms with van der Waals surface area (Å²) in [6.07, 6.45) is 0. The second-order valence-corrected chi connectivity index (χ2v) is 5.10. The normalized spacial score (nSPS) is 10.6. The fraction of sp³-hybridized carbons (Fsp3) is 0. The lowest BCUT2D eigenvalue weighted by Crippen LogP contribution is -1.86. The Kier molecular flexibility index (Phi) is 3.46. The predicted octanol–water partition coefficient (Wildman–Crippen LogP) is 3.55. The van der Waals surface area contributed by atoms with Gasteiger partial charge in [-0.3, -0.25) is 0 Å². The topological polar surface area (TPSA) is 101 Å². The molecule has 0 heterocycles. The van der Waals surface area contributed by atoms with Gasteiger partial charge in [0.15, 0.2) is 0 Å². The van der Waals surface area contributed by atoms with Gasteiger partial charge in [0.1, 0.15) is 28.7 Å². The first-order valence-corrected chi connectivity index (χ1v) is 6.84. The molecule has 3 rings (SSSR count). The molecule has 0 saturated carbocycles. The third kappa shape index (κ3) is 2.60. The molecule has 5 nitrogen and oxygen atoms in total. The second-order valence-electron chi connectivity index (χ2n) is 5.10. The van der Waals surface area contributed by atoms with Gasteiger partial charge < -0.3 is 25.5 Å². The quantitative estimate of drug-likeness (QED) is 0.466. The second kappa shape index (κ2) is 5.46. The first kappa shape index (κ1) is 14.6. The fourth-order valence-electron chi connectivity index (χ4n) is 2.46. The molecule has 0 aliphatic heterocycles. The molecule has 3 aromatic carbocycles. The molecular formula is C18H14O5. The molecule has 0 bridgehead atoms. The minimum atomic E-state index is -0.186. The van der Waals surface area contributed by atoms with E-state index in [4.69, 9.17) is 0 Å². The minimum absolute atomic E-state index is 0.0530. The molecule has 3 aromatic rings. The zero-order valence-electron chi connectivity index (χ0n) is 11.9. The van der Waals surface area contributed by atoms with Gasteiger partial charge in [0.25, 0.3) is 0 Å². The van der Waals surface area contributed by atoms with Crippen molar-refractivity contribution in [2.75, 3.05) is 0 Å². The van der Waals surface area contributed by atoms with Crippen molar-refractivity contribution in [3.8, 4) is 51.0 Å². The van der Waals surface area contributed by atoms with Crippen LogP contribution in [0.2, 0.25) is 0 Å². The Morgan fingerprint density at radius 1 is 0.478 bits per heavy atom. The van der Waals surface area contributed by atoms with Crippen LogP contribution in [0.4, 0.5) is 0 Å². The molecule has 0 aromatic heterocycles. The van der Waals surface area contributed by atoms with Crippen LogP contribution in [0.3, 0.4) is 0 Å². The highest BCUT2D eigenvalue weighted by atomic mass is 16.3. The van der Waals surface area contributed by atoms with Crippen molar-refractivity contribution < 1.29 is 25.5 Å². The lowest BCUT2D eigenvalue weighted by Gasteiger charge is -2.13. The SMILES string of the molecule is Oc1ccc(O)c(-c2cccc(-c3cc(O)ccc3O)c2O)c1. The van der Waals surface area contributed by atoms with E-state index in [0.717, 1.165) is 0 Å². The average Bonchev–Trinajstić information content (AvgIpc) is 2.53. The van der Waals surface area contributed by atoms with Gasteiger partial charge in [-0.05, 0) is 36.4 Å². The van der Waals surface area contributed by atoms with E-state index in [1.165, 1.54) is 36.4 Å². The highest BCUT2D eigenvalue weighted by molar-refractivity contribution is 5.86. The maximum absolute atomic E-state index is 10.5. The fourth-order valence-corrected chi connectivity index (χ4v) is 2.46. The monoisotopic (exact) mass is 310 g/mol. The third-order valence-corrected chi connectivity index (χ3v) is 3.58. The van der Waals surface area contributed by atoms with E-state index >= 15 is 0 Å². The molecule has 0 amide bonds. The molecule has 0 atom stereocenters. The van der Waals surface area contributed by atoms with E-state index in [1.807, 2.05) is 0 Å². The van der Waals surface area contributed by atoms with Crippen molar-refractivity contribution in [3.63, 3.8) is 0 Å².